The van der Waals surface area contributed by atoms with Crippen LogP contribution in [-0.2, 0) is 10.2 Å². The molecule has 2 bridgehead atoms. The normalized spacial score (nSPS) is 36.6. The number of phenols is 1. The fourth-order valence-corrected chi connectivity index (χ4v) is 4.05. The van der Waals surface area contributed by atoms with Gasteiger partial charge in [-0.1, -0.05) is 0 Å². The molecule has 3 atom stereocenters. The molecule has 19 heavy (non-hydrogen) atoms. The average Bonchev–Trinajstić information content (AvgIpc) is 2.70. The molecule has 1 saturated heterocycles. The Balaban J connectivity index is 1.88. The number of benzene rings is 1. The van der Waals surface area contributed by atoms with Gasteiger partial charge in [0, 0.05) is 23.4 Å². The minimum Gasteiger partial charge on any atom is -0.508 e. The lowest BCUT2D eigenvalue weighted by molar-refractivity contribution is -0.135. The van der Waals surface area contributed by atoms with Gasteiger partial charge in [-0.3, -0.25) is 4.79 Å². The van der Waals surface area contributed by atoms with Crippen LogP contribution >= 0.6 is 0 Å². The van der Waals surface area contributed by atoms with E-state index in [9.17, 15) is 9.90 Å². The van der Waals surface area contributed by atoms with Crippen molar-refractivity contribution in [2.45, 2.75) is 36.8 Å². The van der Waals surface area contributed by atoms with Crippen LogP contribution in [0.3, 0.4) is 0 Å². The molecule has 2 fully saturated rings. The molecule has 1 aliphatic carbocycles. The average molecular weight is 259 g/mol. The van der Waals surface area contributed by atoms with Crippen LogP contribution in [0.25, 0.3) is 0 Å². The van der Waals surface area contributed by atoms with Crippen molar-refractivity contribution in [1.82, 2.24) is 4.90 Å². The Morgan fingerprint density at radius 1 is 1.47 bits per heavy atom. The number of ketones is 1. The number of fused-ring (bicyclic) bond motifs is 2. The molecule has 100 valence electrons. The Morgan fingerprint density at radius 2 is 2.32 bits per heavy atom. The zero-order chi connectivity index (χ0) is 13.2. The summed E-state index contributed by atoms with van der Waals surface area (Å²) in [5, 5.41) is 9.75. The van der Waals surface area contributed by atoms with Crippen LogP contribution in [0.4, 0.5) is 0 Å². The van der Waals surface area contributed by atoms with Crippen LogP contribution in [0, 0.1) is 0 Å². The highest BCUT2D eigenvalue weighted by Crippen LogP contribution is 2.54. The van der Waals surface area contributed by atoms with E-state index >= 15 is 0 Å². The lowest BCUT2D eigenvalue weighted by Crippen LogP contribution is -2.59. The molecule has 0 radical (unpaired) electrons. The van der Waals surface area contributed by atoms with Crippen LogP contribution in [0.5, 0.6) is 11.5 Å². The van der Waals surface area contributed by atoms with Crippen molar-refractivity contribution in [1.29, 1.82) is 0 Å². The van der Waals surface area contributed by atoms with E-state index in [4.69, 9.17) is 4.74 Å². The smallest absolute Gasteiger partial charge is 0.175 e. The van der Waals surface area contributed by atoms with Gasteiger partial charge in [0.2, 0.25) is 0 Å². The number of rotatable bonds is 0. The van der Waals surface area contributed by atoms with Gasteiger partial charge < -0.3 is 14.7 Å². The fourth-order valence-electron chi connectivity index (χ4n) is 4.05. The van der Waals surface area contributed by atoms with Gasteiger partial charge in [-0.2, -0.15) is 0 Å². The second-order valence-corrected chi connectivity index (χ2v) is 6.09. The summed E-state index contributed by atoms with van der Waals surface area (Å²) in [5.74, 6) is 1.24. The van der Waals surface area contributed by atoms with Crippen molar-refractivity contribution < 1.29 is 14.6 Å². The molecule has 1 aromatic rings. The van der Waals surface area contributed by atoms with Crippen molar-refractivity contribution >= 4 is 5.78 Å². The van der Waals surface area contributed by atoms with Crippen molar-refractivity contribution in [2.24, 2.45) is 0 Å². The highest BCUT2D eigenvalue weighted by atomic mass is 16.5. The Kier molecular flexibility index (Phi) is 2.09. The third-order valence-corrected chi connectivity index (χ3v) is 5.11. The van der Waals surface area contributed by atoms with Crippen molar-refractivity contribution in [3.8, 4) is 11.5 Å². The molecule has 0 unspecified atom stereocenters. The van der Waals surface area contributed by atoms with Crippen LogP contribution in [0.1, 0.15) is 24.8 Å². The summed E-state index contributed by atoms with van der Waals surface area (Å²) in [7, 11) is 2.09. The molecule has 4 heteroatoms. The number of carbonyl (C=O) groups excluding carboxylic acids is 1. The summed E-state index contributed by atoms with van der Waals surface area (Å²) in [6, 6.07) is 5.52. The predicted octanol–water partition coefficient (Wildman–Crippen LogP) is 1.46. The molecule has 0 amide bonds. The second-order valence-electron chi connectivity index (χ2n) is 6.09. The maximum absolute atomic E-state index is 12.4. The molecular weight excluding hydrogens is 242 g/mol. The summed E-state index contributed by atoms with van der Waals surface area (Å²) >= 11 is 0. The van der Waals surface area contributed by atoms with Gasteiger partial charge in [0.15, 0.2) is 11.9 Å². The number of hydrogen-bond acceptors (Lipinski definition) is 4. The van der Waals surface area contributed by atoms with Gasteiger partial charge in [-0.05, 0) is 44.6 Å². The Bertz CT molecular complexity index is 571. The van der Waals surface area contributed by atoms with Gasteiger partial charge in [-0.15, -0.1) is 0 Å². The Labute approximate surface area is 112 Å². The first kappa shape index (κ1) is 11.3. The number of carbonyl (C=O) groups is 1. The van der Waals surface area contributed by atoms with Gasteiger partial charge in [0.25, 0.3) is 0 Å². The second kappa shape index (κ2) is 3.51. The first-order valence-corrected chi connectivity index (χ1v) is 6.83. The minimum absolute atomic E-state index is 0.207. The van der Waals surface area contributed by atoms with E-state index in [0.717, 1.165) is 30.7 Å². The van der Waals surface area contributed by atoms with Crippen molar-refractivity contribution in [3.63, 3.8) is 0 Å². The van der Waals surface area contributed by atoms with E-state index in [1.807, 2.05) is 0 Å². The van der Waals surface area contributed by atoms with E-state index in [1.165, 1.54) is 0 Å². The molecular formula is C15H17NO3. The maximum Gasteiger partial charge on any atom is 0.175 e. The third kappa shape index (κ3) is 1.35. The molecule has 1 N–H and O–H groups in total. The highest BCUT2D eigenvalue weighted by Gasteiger charge is 2.58. The van der Waals surface area contributed by atoms with Crippen molar-refractivity contribution in [3.05, 3.63) is 23.8 Å². The van der Waals surface area contributed by atoms with Gasteiger partial charge in [-0.25, -0.2) is 0 Å². The van der Waals surface area contributed by atoms with Crippen LogP contribution < -0.4 is 4.74 Å². The number of piperidine rings is 1. The van der Waals surface area contributed by atoms with E-state index < -0.39 is 0 Å². The molecule has 0 aromatic heterocycles. The highest BCUT2D eigenvalue weighted by molar-refractivity contribution is 5.88. The summed E-state index contributed by atoms with van der Waals surface area (Å²) in [6.07, 6.45) is 2.13. The zero-order valence-corrected chi connectivity index (χ0v) is 10.9. The topological polar surface area (TPSA) is 49.8 Å². The first-order chi connectivity index (χ1) is 9.10. The molecule has 1 saturated carbocycles. The standard InChI is InChI=1S/C15H17NO3/c1-16-5-4-15-8-9(16)6-12(18)14(15)19-13-3-2-10(17)7-11(13)15/h2-3,7,9,14,17H,4-6,8H2,1H3/t9-,14-,15-/m0/s1. The summed E-state index contributed by atoms with van der Waals surface area (Å²) < 4.78 is 5.91. The largest absolute Gasteiger partial charge is 0.508 e. The van der Waals surface area contributed by atoms with Crippen LogP contribution in [0.15, 0.2) is 18.2 Å². The Hall–Kier alpha value is -1.55. The van der Waals surface area contributed by atoms with E-state index in [1.54, 1.807) is 18.2 Å². The molecule has 4 nitrogen and oxygen atoms in total. The van der Waals surface area contributed by atoms with Gasteiger partial charge in [0.05, 0.1) is 0 Å². The SMILES string of the molecule is CN1CC[C@@]23C[C@@H]1CC(=O)[C@@H]2Oc1ccc(O)cc13. The first-order valence-electron chi connectivity index (χ1n) is 6.83. The molecule has 2 aliphatic heterocycles. The summed E-state index contributed by atoms with van der Waals surface area (Å²) in [6.45, 7) is 0.979. The summed E-state index contributed by atoms with van der Waals surface area (Å²) in [5.41, 5.74) is 0.823. The molecule has 4 rings (SSSR count). The predicted molar refractivity (Wildman–Crippen MR) is 69.5 cm³/mol. The van der Waals surface area contributed by atoms with Crippen LogP contribution in [-0.4, -0.2) is 41.5 Å². The molecule has 2 heterocycles. The third-order valence-electron chi connectivity index (χ3n) is 5.11. The number of ether oxygens (including phenoxy) is 1. The Morgan fingerprint density at radius 3 is 3.16 bits per heavy atom. The van der Waals surface area contributed by atoms with Crippen molar-refractivity contribution in [2.75, 3.05) is 13.6 Å². The van der Waals surface area contributed by atoms with E-state index in [0.29, 0.717) is 12.5 Å². The number of hydrogen-bond donors (Lipinski definition) is 1. The lowest BCUT2D eigenvalue weighted by atomic mass is 9.62. The number of phenolic OH excluding ortho intramolecular Hbond substituents is 1. The monoisotopic (exact) mass is 259 g/mol. The summed E-state index contributed by atoms with van der Waals surface area (Å²) in [4.78, 5) is 14.6. The minimum atomic E-state index is -0.339. The van der Waals surface area contributed by atoms with Crippen LogP contribution in [0.2, 0.25) is 0 Å². The molecule has 1 spiro atoms. The fraction of sp³-hybridized carbons (Fsp3) is 0.533. The van der Waals surface area contributed by atoms with E-state index in [2.05, 4.69) is 11.9 Å². The molecule has 1 aromatic carbocycles. The molecule has 3 aliphatic rings. The lowest BCUT2D eigenvalue weighted by Gasteiger charge is -2.48. The van der Waals surface area contributed by atoms with Gasteiger partial charge >= 0.3 is 0 Å². The van der Waals surface area contributed by atoms with E-state index in [-0.39, 0.29) is 23.1 Å². The number of nitrogens with zero attached hydrogens (tertiary/aromatic N) is 1. The van der Waals surface area contributed by atoms with Gasteiger partial charge in [0.1, 0.15) is 11.5 Å². The number of Topliss-reactive ketones (excluding diaryl/α,β-unsaturated/α-hetero) is 1. The quantitative estimate of drug-likeness (QED) is 0.766. The zero-order valence-electron chi connectivity index (χ0n) is 10.9. The number of aromatic hydroxyl groups is 1. The number of likely N-dealkylation sites (tertiary alicyclic amines) is 1. The maximum atomic E-state index is 12.4.